The zero-order chi connectivity index (χ0) is 10.7. The van der Waals surface area contributed by atoms with Crippen LogP contribution in [0.25, 0.3) is 0 Å². The van der Waals surface area contributed by atoms with Crippen LogP contribution in [0.15, 0.2) is 22.7 Å². The molecule has 1 N–H and O–H groups in total. The van der Waals surface area contributed by atoms with Crippen molar-refractivity contribution in [2.45, 2.75) is 6.43 Å². The van der Waals surface area contributed by atoms with Gasteiger partial charge in [0, 0.05) is 22.6 Å². The van der Waals surface area contributed by atoms with Gasteiger partial charge in [-0.3, -0.25) is 4.79 Å². The number of hydrogen-bond donors (Lipinski definition) is 1. The molecule has 1 amide bonds. The number of nitrogens with one attached hydrogen (secondary N) is 1. The van der Waals surface area contributed by atoms with Crippen LogP contribution in [0.3, 0.4) is 0 Å². The summed E-state index contributed by atoms with van der Waals surface area (Å²) in [5.74, 6) is -0.376. The molecule has 0 heterocycles. The fraction of sp³-hybridized carbons (Fsp3) is 0.222. The summed E-state index contributed by atoms with van der Waals surface area (Å²) in [5.41, 5.74) is 0.0529. The van der Waals surface area contributed by atoms with Crippen molar-refractivity contribution >= 4 is 21.8 Å². The van der Waals surface area contributed by atoms with Crippen molar-refractivity contribution in [3.63, 3.8) is 0 Å². The summed E-state index contributed by atoms with van der Waals surface area (Å²) in [5, 5.41) is 2.37. The highest BCUT2D eigenvalue weighted by molar-refractivity contribution is 9.10. The van der Waals surface area contributed by atoms with Gasteiger partial charge in [0.05, 0.1) is 0 Å². The van der Waals surface area contributed by atoms with E-state index in [0.29, 0.717) is 4.47 Å². The zero-order valence-corrected chi connectivity index (χ0v) is 8.94. The predicted octanol–water partition coefficient (Wildman–Crippen LogP) is 2.75. The second kappa shape index (κ2) is 4.50. The Kier molecular flexibility index (Phi) is 3.57. The van der Waals surface area contributed by atoms with E-state index < -0.39 is 6.43 Å². The number of amides is 1. The van der Waals surface area contributed by atoms with Crippen molar-refractivity contribution in [1.82, 2.24) is 5.32 Å². The van der Waals surface area contributed by atoms with Crippen LogP contribution in [0.1, 0.15) is 22.3 Å². The average molecular weight is 264 g/mol. The molecule has 1 aromatic rings. The fourth-order valence-electron chi connectivity index (χ4n) is 0.997. The van der Waals surface area contributed by atoms with Crippen LogP contribution in [-0.2, 0) is 0 Å². The first-order valence-electron chi connectivity index (χ1n) is 3.86. The zero-order valence-electron chi connectivity index (χ0n) is 7.35. The van der Waals surface area contributed by atoms with Crippen LogP contribution in [0.4, 0.5) is 8.78 Å². The number of carbonyl (C=O) groups excluding carboxylic acids is 1. The summed E-state index contributed by atoms with van der Waals surface area (Å²) in [6.07, 6.45) is -2.59. The van der Waals surface area contributed by atoms with Gasteiger partial charge in [0.2, 0.25) is 0 Å². The van der Waals surface area contributed by atoms with Crippen LogP contribution >= 0.6 is 15.9 Å². The standard InChI is InChI=1S/C9H8BrF2NO/c1-13-9(14)5-2-3-7(10)6(4-5)8(11)12/h2-4,8H,1H3,(H,13,14). The molecule has 0 spiro atoms. The van der Waals surface area contributed by atoms with E-state index in [1.54, 1.807) is 0 Å². The number of rotatable bonds is 2. The summed E-state index contributed by atoms with van der Waals surface area (Å²) in [7, 11) is 1.45. The highest BCUT2D eigenvalue weighted by Crippen LogP contribution is 2.27. The minimum Gasteiger partial charge on any atom is -0.355 e. The van der Waals surface area contributed by atoms with Crippen molar-refractivity contribution in [2.75, 3.05) is 7.05 Å². The van der Waals surface area contributed by atoms with Crippen LogP contribution in [0.2, 0.25) is 0 Å². The lowest BCUT2D eigenvalue weighted by atomic mass is 10.1. The first-order chi connectivity index (χ1) is 6.56. The van der Waals surface area contributed by atoms with Gasteiger partial charge in [-0.15, -0.1) is 0 Å². The van der Waals surface area contributed by atoms with Gasteiger partial charge in [-0.05, 0) is 18.2 Å². The van der Waals surface area contributed by atoms with Gasteiger partial charge in [-0.2, -0.15) is 0 Å². The molecule has 0 saturated carbocycles. The van der Waals surface area contributed by atoms with E-state index in [4.69, 9.17) is 0 Å². The van der Waals surface area contributed by atoms with Crippen molar-refractivity contribution in [2.24, 2.45) is 0 Å². The minimum absolute atomic E-state index is 0.175. The molecular weight excluding hydrogens is 256 g/mol. The lowest BCUT2D eigenvalue weighted by Crippen LogP contribution is -2.17. The number of carbonyl (C=O) groups is 1. The Morgan fingerprint density at radius 3 is 2.64 bits per heavy atom. The maximum absolute atomic E-state index is 12.4. The van der Waals surface area contributed by atoms with Gasteiger partial charge in [0.1, 0.15) is 0 Å². The first kappa shape index (κ1) is 11.1. The second-order valence-electron chi connectivity index (χ2n) is 2.62. The molecule has 1 rings (SSSR count). The summed E-state index contributed by atoms with van der Waals surface area (Å²) >= 11 is 2.99. The molecule has 0 radical (unpaired) electrons. The molecule has 0 bridgehead atoms. The second-order valence-corrected chi connectivity index (χ2v) is 3.47. The number of benzene rings is 1. The summed E-state index contributed by atoms with van der Waals surface area (Å²) in [4.78, 5) is 11.1. The van der Waals surface area contributed by atoms with E-state index in [1.165, 1.54) is 25.2 Å². The molecule has 5 heteroatoms. The Morgan fingerprint density at radius 2 is 2.14 bits per heavy atom. The van der Waals surface area contributed by atoms with E-state index in [9.17, 15) is 13.6 Å². The average Bonchev–Trinajstić information content (AvgIpc) is 2.17. The molecule has 0 saturated heterocycles. The molecule has 0 aliphatic heterocycles. The lowest BCUT2D eigenvalue weighted by Gasteiger charge is -2.05. The van der Waals surface area contributed by atoms with Crippen molar-refractivity contribution < 1.29 is 13.6 Å². The Hall–Kier alpha value is -0.970. The van der Waals surface area contributed by atoms with Crippen LogP contribution < -0.4 is 5.32 Å². The molecule has 0 fully saturated rings. The molecule has 0 unspecified atom stereocenters. The van der Waals surface area contributed by atoms with E-state index in [2.05, 4.69) is 21.2 Å². The molecule has 14 heavy (non-hydrogen) atoms. The number of halogens is 3. The smallest absolute Gasteiger partial charge is 0.264 e. The van der Waals surface area contributed by atoms with E-state index in [1.807, 2.05) is 0 Å². The van der Waals surface area contributed by atoms with Gasteiger partial charge in [0.15, 0.2) is 0 Å². The summed E-state index contributed by atoms with van der Waals surface area (Å²) in [6.45, 7) is 0. The quantitative estimate of drug-likeness (QED) is 0.874. The summed E-state index contributed by atoms with van der Waals surface area (Å²) in [6, 6.07) is 4.09. The molecule has 0 aliphatic rings. The van der Waals surface area contributed by atoms with E-state index in [-0.39, 0.29) is 17.0 Å². The van der Waals surface area contributed by atoms with Crippen LogP contribution in [0.5, 0.6) is 0 Å². The fourth-order valence-corrected chi connectivity index (χ4v) is 1.42. The third kappa shape index (κ3) is 2.29. The molecule has 0 aliphatic carbocycles. The van der Waals surface area contributed by atoms with Gasteiger partial charge in [-0.1, -0.05) is 15.9 Å². The third-order valence-corrected chi connectivity index (χ3v) is 2.44. The highest BCUT2D eigenvalue weighted by Gasteiger charge is 2.14. The lowest BCUT2D eigenvalue weighted by molar-refractivity contribution is 0.0962. The minimum atomic E-state index is -2.59. The van der Waals surface area contributed by atoms with Crippen molar-refractivity contribution in [3.8, 4) is 0 Å². The van der Waals surface area contributed by atoms with Gasteiger partial charge in [0.25, 0.3) is 12.3 Å². The SMILES string of the molecule is CNC(=O)c1ccc(Br)c(C(F)F)c1. The molecule has 1 aromatic carbocycles. The number of alkyl halides is 2. The van der Waals surface area contributed by atoms with Crippen LogP contribution in [-0.4, -0.2) is 13.0 Å². The molecular formula is C9H8BrF2NO. The summed E-state index contributed by atoms with van der Waals surface area (Å²) < 4.78 is 25.1. The van der Waals surface area contributed by atoms with Crippen LogP contribution in [0, 0.1) is 0 Å². The molecule has 2 nitrogen and oxygen atoms in total. The molecule has 76 valence electrons. The maximum atomic E-state index is 12.4. The highest BCUT2D eigenvalue weighted by atomic mass is 79.9. The first-order valence-corrected chi connectivity index (χ1v) is 4.65. The van der Waals surface area contributed by atoms with Crippen molar-refractivity contribution in [3.05, 3.63) is 33.8 Å². The Morgan fingerprint density at radius 1 is 1.50 bits per heavy atom. The Bertz CT molecular complexity index is 355. The number of hydrogen-bond acceptors (Lipinski definition) is 1. The normalized spacial score (nSPS) is 10.4. The maximum Gasteiger partial charge on any atom is 0.264 e. The molecule has 0 atom stereocenters. The topological polar surface area (TPSA) is 29.1 Å². The van der Waals surface area contributed by atoms with Gasteiger partial charge in [-0.25, -0.2) is 8.78 Å². The Balaban J connectivity index is 3.13. The Labute approximate surface area is 88.4 Å². The van der Waals surface area contributed by atoms with Crippen molar-refractivity contribution in [1.29, 1.82) is 0 Å². The predicted molar refractivity (Wildman–Crippen MR) is 52.5 cm³/mol. The van der Waals surface area contributed by atoms with Gasteiger partial charge >= 0.3 is 0 Å². The van der Waals surface area contributed by atoms with E-state index >= 15 is 0 Å². The monoisotopic (exact) mass is 263 g/mol. The molecule has 0 aromatic heterocycles. The third-order valence-electron chi connectivity index (χ3n) is 1.72. The van der Waals surface area contributed by atoms with Gasteiger partial charge < -0.3 is 5.32 Å². The van der Waals surface area contributed by atoms with E-state index in [0.717, 1.165) is 0 Å². The largest absolute Gasteiger partial charge is 0.355 e.